The summed E-state index contributed by atoms with van der Waals surface area (Å²) in [4.78, 5) is 15.3. The number of benzene rings is 2. The Labute approximate surface area is 206 Å². The summed E-state index contributed by atoms with van der Waals surface area (Å²) in [5.41, 5.74) is 1.99. The summed E-state index contributed by atoms with van der Waals surface area (Å²) < 4.78 is 40.4. The van der Waals surface area contributed by atoms with Gasteiger partial charge in [0.05, 0.1) is 25.3 Å². The molecule has 2 aromatic carbocycles. The molecule has 1 N–H and O–H groups in total. The van der Waals surface area contributed by atoms with Crippen LogP contribution in [0.25, 0.3) is 0 Å². The number of amides is 1. The molecule has 0 spiro atoms. The Kier molecular flexibility index (Phi) is 6.82. The lowest BCUT2D eigenvalue weighted by Crippen LogP contribution is -2.48. The van der Waals surface area contributed by atoms with Crippen LogP contribution in [0, 0.1) is 0 Å². The van der Waals surface area contributed by atoms with Crippen LogP contribution in [0.15, 0.2) is 48.5 Å². The minimum absolute atomic E-state index is 0.124. The molecule has 0 aromatic heterocycles. The fourth-order valence-electron chi connectivity index (χ4n) is 4.64. The quantitative estimate of drug-likeness (QED) is 0.693. The summed E-state index contributed by atoms with van der Waals surface area (Å²) in [6.45, 7) is 1.52. The van der Waals surface area contributed by atoms with Crippen molar-refractivity contribution >= 4 is 16.1 Å². The van der Waals surface area contributed by atoms with Crippen molar-refractivity contribution in [1.29, 1.82) is 0 Å². The number of nitrogens with one attached hydrogen (secondary N) is 1. The number of carbonyl (C=O) groups is 1. The first-order valence-corrected chi connectivity index (χ1v) is 13.4. The van der Waals surface area contributed by atoms with Gasteiger partial charge in [-0.25, -0.2) is 0 Å². The first-order valence-electron chi connectivity index (χ1n) is 12.0. The molecule has 2 atom stereocenters. The average Bonchev–Trinajstić information content (AvgIpc) is 3.58. The maximum atomic E-state index is 13.1. The van der Waals surface area contributed by atoms with E-state index in [4.69, 9.17) is 9.47 Å². The normalized spacial score (nSPS) is 24.6. The number of fused-ring (bicyclic) bond motifs is 5. The van der Waals surface area contributed by atoms with Crippen LogP contribution in [0.1, 0.15) is 24.0 Å². The van der Waals surface area contributed by atoms with Crippen molar-refractivity contribution in [3.63, 3.8) is 0 Å². The van der Waals surface area contributed by atoms with Gasteiger partial charge in [0.2, 0.25) is 5.91 Å². The first-order chi connectivity index (χ1) is 16.8. The van der Waals surface area contributed by atoms with E-state index >= 15 is 0 Å². The van der Waals surface area contributed by atoms with E-state index < -0.39 is 22.4 Å². The molecule has 1 saturated heterocycles. The second-order valence-electron chi connectivity index (χ2n) is 9.66. The topological polar surface area (TPSA) is 91.4 Å². The van der Waals surface area contributed by atoms with E-state index in [1.165, 1.54) is 22.7 Å². The molecule has 2 fully saturated rings. The van der Waals surface area contributed by atoms with Crippen molar-refractivity contribution in [3.8, 4) is 11.5 Å². The van der Waals surface area contributed by atoms with E-state index in [-0.39, 0.29) is 32.1 Å². The van der Waals surface area contributed by atoms with Crippen molar-refractivity contribution in [2.75, 3.05) is 33.7 Å². The molecule has 2 aliphatic heterocycles. The molecular weight excluding hydrogens is 468 g/mol. The van der Waals surface area contributed by atoms with Gasteiger partial charge in [0.15, 0.2) is 0 Å². The summed E-state index contributed by atoms with van der Waals surface area (Å²) >= 11 is 0. The van der Waals surface area contributed by atoms with Gasteiger partial charge in [-0.2, -0.15) is 17.0 Å². The predicted molar refractivity (Wildman–Crippen MR) is 131 cm³/mol. The van der Waals surface area contributed by atoms with Crippen LogP contribution in [0.3, 0.4) is 0 Å². The Morgan fingerprint density at radius 2 is 1.66 bits per heavy atom. The van der Waals surface area contributed by atoms with Gasteiger partial charge in [-0.3, -0.25) is 9.69 Å². The highest BCUT2D eigenvalue weighted by Gasteiger charge is 2.41. The second kappa shape index (κ2) is 9.87. The van der Waals surface area contributed by atoms with Crippen LogP contribution >= 0.6 is 0 Å². The Morgan fingerprint density at radius 1 is 0.971 bits per heavy atom. The highest BCUT2D eigenvalue weighted by atomic mass is 32.2. The molecule has 35 heavy (non-hydrogen) atoms. The largest absolute Gasteiger partial charge is 0.457 e. The number of hydrogen-bond donors (Lipinski definition) is 1. The number of nitrogens with zero attached hydrogens (tertiary/aromatic N) is 3. The predicted octanol–water partition coefficient (Wildman–Crippen LogP) is 1.95. The Balaban J connectivity index is 1.43. The van der Waals surface area contributed by atoms with E-state index in [0.717, 1.165) is 29.7 Å². The molecule has 2 aromatic rings. The summed E-state index contributed by atoms with van der Waals surface area (Å²) in [6, 6.07) is 15.6. The number of rotatable bonds is 3. The van der Waals surface area contributed by atoms with Crippen molar-refractivity contribution in [2.45, 2.75) is 44.2 Å². The number of carbonyl (C=O) groups excluding carboxylic acids is 1. The third-order valence-electron chi connectivity index (χ3n) is 6.66. The van der Waals surface area contributed by atoms with E-state index in [2.05, 4.69) is 10.2 Å². The first kappa shape index (κ1) is 24.2. The van der Waals surface area contributed by atoms with Gasteiger partial charge < -0.3 is 14.8 Å². The van der Waals surface area contributed by atoms with Gasteiger partial charge in [-0.05, 0) is 48.2 Å². The summed E-state index contributed by atoms with van der Waals surface area (Å²) in [7, 11) is -0.612. The van der Waals surface area contributed by atoms with Crippen LogP contribution in [0.5, 0.6) is 11.5 Å². The molecule has 1 saturated carbocycles. The smallest absolute Gasteiger partial charge is 0.281 e. The molecular formula is C25H32N4O5S. The van der Waals surface area contributed by atoms with Crippen molar-refractivity contribution in [2.24, 2.45) is 0 Å². The molecule has 1 amide bonds. The van der Waals surface area contributed by atoms with Gasteiger partial charge >= 0.3 is 0 Å². The minimum Gasteiger partial charge on any atom is -0.457 e. The highest BCUT2D eigenvalue weighted by Crippen LogP contribution is 2.30. The lowest BCUT2D eigenvalue weighted by atomic mass is 10.1. The van der Waals surface area contributed by atoms with E-state index in [9.17, 15) is 13.2 Å². The summed E-state index contributed by atoms with van der Waals surface area (Å²) in [6.07, 6.45) is 1.67. The van der Waals surface area contributed by atoms with Crippen LogP contribution in [0.4, 0.5) is 0 Å². The van der Waals surface area contributed by atoms with Crippen LogP contribution < -0.4 is 10.1 Å². The van der Waals surface area contributed by atoms with Crippen LogP contribution in [-0.4, -0.2) is 79.8 Å². The van der Waals surface area contributed by atoms with Crippen molar-refractivity contribution < 1.29 is 22.7 Å². The van der Waals surface area contributed by atoms with Crippen molar-refractivity contribution in [3.05, 3.63) is 59.7 Å². The van der Waals surface area contributed by atoms with Gasteiger partial charge in [0.25, 0.3) is 10.2 Å². The van der Waals surface area contributed by atoms with Crippen LogP contribution in [-0.2, 0) is 32.9 Å². The van der Waals surface area contributed by atoms with Gasteiger partial charge in [-0.1, -0.05) is 24.3 Å². The lowest BCUT2D eigenvalue weighted by Gasteiger charge is -2.25. The molecule has 0 unspecified atom stereocenters. The fraction of sp³-hybridized carbons (Fsp3) is 0.480. The monoisotopic (exact) mass is 500 g/mol. The van der Waals surface area contributed by atoms with E-state index in [1.807, 2.05) is 48.5 Å². The standard InChI is InChI=1S/C25H32N4O5S/c1-27(2)35(31,32)29-14-23-24(15-29)33-17-19-6-4-8-22(12-19)34-21-7-3-5-18(11-21)13-28(20-9-10-20)16-25(30)26-23/h3-8,11-12,20,23-24H,9-10,13-17H2,1-2H3,(H,26,30)/t23-,24-/m0/s1. The maximum Gasteiger partial charge on any atom is 0.281 e. The fourth-order valence-corrected chi connectivity index (χ4v) is 5.78. The Bertz CT molecular complexity index is 1180. The molecule has 3 aliphatic rings. The molecule has 1 aliphatic carbocycles. The zero-order valence-corrected chi connectivity index (χ0v) is 20.9. The van der Waals surface area contributed by atoms with Gasteiger partial charge in [0.1, 0.15) is 11.5 Å². The van der Waals surface area contributed by atoms with Gasteiger partial charge in [0, 0.05) is 39.8 Å². The van der Waals surface area contributed by atoms with Crippen molar-refractivity contribution in [1.82, 2.24) is 18.8 Å². The minimum atomic E-state index is -3.62. The molecule has 5 rings (SSSR count). The molecule has 4 bridgehead atoms. The summed E-state index contributed by atoms with van der Waals surface area (Å²) in [5.74, 6) is 1.33. The van der Waals surface area contributed by atoms with E-state index in [0.29, 0.717) is 18.3 Å². The second-order valence-corrected chi connectivity index (χ2v) is 11.8. The zero-order chi connectivity index (χ0) is 24.6. The van der Waals surface area contributed by atoms with Crippen LogP contribution in [0.2, 0.25) is 0 Å². The number of ether oxygens (including phenoxy) is 2. The summed E-state index contributed by atoms with van der Waals surface area (Å²) in [5, 5.41) is 3.07. The highest BCUT2D eigenvalue weighted by molar-refractivity contribution is 7.86. The average molecular weight is 501 g/mol. The van der Waals surface area contributed by atoms with Gasteiger partial charge in [-0.15, -0.1) is 0 Å². The molecule has 9 nitrogen and oxygen atoms in total. The molecule has 188 valence electrons. The van der Waals surface area contributed by atoms with E-state index in [1.54, 1.807) is 0 Å². The number of hydrogen-bond acceptors (Lipinski definition) is 6. The Hall–Kier alpha value is -2.50. The lowest BCUT2D eigenvalue weighted by molar-refractivity contribution is -0.124. The SMILES string of the molecule is CN(C)S(=O)(=O)N1C[C@@H]2NC(=O)CN(C3CC3)Cc3cccc(c3)Oc3cccc(c3)CO[C@H]2C1. The maximum absolute atomic E-state index is 13.1. The molecule has 2 heterocycles. The zero-order valence-electron chi connectivity index (χ0n) is 20.1. The Morgan fingerprint density at radius 3 is 2.34 bits per heavy atom. The molecule has 0 radical (unpaired) electrons. The third kappa shape index (κ3) is 5.68. The molecule has 10 heteroatoms. The third-order valence-corrected chi connectivity index (χ3v) is 8.53.